The molecular weight excluding hydrogens is 626 g/mol. The second-order valence-electron chi connectivity index (χ2n) is 10.1. The molecule has 0 bridgehead atoms. The van der Waals surface area contributed by atoms with Crippen LogP contribution in [-0.4, -0.2) is 50.0 Å². The number of carbonyl (C=O) groups excluding carboxylic acids is 2. The van der Waals surface area contributed by atoms with Crippen molar-refractivity contribution in [2.24, 2.45) is 0 Å². The van der Waals surface area contributed by atoms with E-state index in [4.69, 9.17) is 23.2 Å². The lowest BCUT2D eigenvalue weighted by Crippen LogP contribution is -2.54. The zero-order valence-corrected chi connectivity index (χ0v) is 26.1. The van der Waals surface area contributed by atoms with Gasteiger partial charge in [0.15, 0.2) is 0 Å². The summed E-state index contributed by atoms with van der Waals surface area (Å²) in [5, 5.41) is 3.31. The lowest BCUT2D eigenvalue weighted by molar-refractivity contribution is -0.140. The zero-order chi connectivity index (χ0) is 31.9. The molecular formula is C30H32Cl2F3N3O4S. The highest BCUT2D eigenvalue weighted by Gasteiger charge is 2.35. The average molecular weight is 659 g/mol. The third kappa shape index (κ3) is 9.35. The minimum atomic E-state index is -4.75. The van der Waals surface area contributed by atoms with Crippen molar-refractivity contribution < 1.29 is 31.2 Å². The normalized spacial score (nSPS) is 13.2. The molecule has 1 N–H and O–H groups in total. The Morgan fingerprint density at radius 2 is 1.56 bits per heavy atom. The van der Waals surface area contributed by atoms with Gasteiger partial charge in [-0.3, -0.25) is 13.9 Å². The van der Waals surface area contributed by atoms with E-state index in [0.717, 1.165) is 24.5 Å². The highest BCUT2D eigenvalue weighted by Crippen LogP contribution is 2.33. The highest BCUT2D eigenvalue weighted by atomic mass is 35.5. The second kappa shape index (κ2) is 14.5. The quantitative estimate of drug-likeness (QED) is 0.247. The second-order valence-corrected chi connectivity index (χ2v) is 12.8. The lowest BCUT2D eigenvalue weighted by atomic mass is 10.0. The first-order valence-corrected chi connectivity index (χ1v) is 15.9. The number of nitrogens with zero attached hydrogens (tertiary/aromatic N) is 2. The van der Waals surface area contributed by atoms with Gasteiger partial charge in [-0.2, -0.15) is 13.2 Å². The van der Waals surface area contributed by atoms with Crippen LogP contribution < -0.4 is 9.62 Å². The molecule has 2 atom stereocenters. The molecule has 13 heteroatoms. The molecule has 0 unspecified atom stereocenters. The van der Waals surface area contributed by atoms with Gasteiger partial charge < -0.3 is 10.2 Å². The van der Waals surface area contributed by atoms with Crippen molar-refractivity contribution in [1.82, 2.24) is 10.2 Å². The Hall–Kier alpha value is -3.28. The number of anilines is 1. The van der Waals surface area contributed by atoms with Crippen molar-refractivity contribution >= 4 is 50.7 Å². The van der Waals surface area contributed by atoms with Crippen LogP contribution in [0.3, 0.4) is 0 Å². The molecule has 0 fully saturated rings. The third-order valence-corrected chi connectivity index (χ3v) is 8.65. The highest BCUT2D eigenvalue weighted by molar-refractivity contribution is 7.92. The van der Waals surface area contributed by atoms with Gasteiger partial charge in [0.05, 0.1) is 17.5 Å². The molecule has 43 heavy (non-hydrogen) atoms. The Morgan fingerprint density at radius 3 is 2.12 bits per heavy atom. The molecule has 3 aromatic carbocycles. The van der Waals surface area contributed by atoms with E-state index < -0.39 is 46.2 Å². The molecule has 232 valence electrons. The van der Waals surface area contributed by atoms with E-state index in [1.54, 1.807) is 55.5 Å². The molecule has 0 aliphatic heterocycles. The van der Waals surface area contributed by atoms with Crippen LogP contribution in [-0.2, 0) is 38.8 Å². The predicted molar refractivity (Wildman–Crippen MR) is 162 cm³/mol. The standard InChI is InChI=1S/C30H32Cl2F3N3O4S/c1-4-20(2)36-29(40)27(16-21-10-6-5-7-11-21)37(18-24-25(31)14-9-15-26(24)32)28(39)19-38(43(3,41)42)23-13-8-12-22(17-23)30(33,34)35/h5-15,17,20,27H,4,16,18-19H2,1-3H3,(H,36,40)/t20-,27+/m1/s1. The molecule has 0 radical (unpaired) electrons. The summed E-state index contributed by atoms with van der Waals surface area (Å²) in [6.07, 6.45) is -3.30. The zero-order valence-electron chi connectivity index (χ0n) is 23.7. The van der Waals surface area contributed by atoms with Crippen LogP contribution in [0.2, 0.25) is 10.0 Å². The molecule has 3 aromatic rings. The maximum Gasteiger partial charge on any atom is 0.416 e. The van der Waals surface area contributed by atoms with Gasteiger partial charge in [-0.1, -0.05) is 72.6 Å². The van der Waals surface area contributed by atoms with Crippen LogP contribution in [0.15, 0.2) is 72.8 Å². The van der Waals surface area contributed by atoms with Crippen molar-refractivity contribution in [2.45, 2.75) is 51.5 Å². The van der Waals surface area contributed by atoms with Crippen LogP contribution in [0.25, 0.3) is 0 Å². The summed E-state index contributed by atoms with van der Waals surface area (Å²) in [7, 11) is -4.26. The van der Waals surface area contributed by atoms with Gasteiger partial charge in [-0.05, 0) is 49.2 Å². The van der Waals surface area contributed by atoms with E-state index >= 15 is 0 Å². The SMILES string of the molecule is CC[C@@H](C)NC(=O)[C@H](Cc1ccccc1)N(Cc1c(Cl)cccc1Cl)C(=O)CN(c1cccc(C(F)(F)F)c1)S(C)(=O)=O. The molecule has 7 nitrogen and oxygen atoms in total. The first-order valence-electron chi connectivity index (χ1n) is 13.3. The number of rotatable bonds is 12. The summed E-state index contributed by atoms with van der Waals surface area (Å²) < 4.78 is 66.7. The minimum absolute atomic E-state index is 0.0549. The molecule has 0 aromatic heterocycles. The number of sulfonamides is 1. The maximum absolute atomic E-state index is 14.1. The molecule has 0 saturated heterocycles. The van der Waals surface area contributed by atoms with E-state index in [1.807, 2.05) is 6.92 Å². The summed E-state index contributed by atoms with van der Waals surface area (Å²) in [5.74, 6) is -1.35. The Labute approximate surface area is 259 Å². The van der Waals surface area contributed by atoms with E-state index in [9.17, 15) is 31.2 Å². The molecule has 0 heterocycles. The van der Waals surface area contributed by atoms with Gasteiger partial charge in [-0.25, -0.2) is 8.42 Å². The van der Waals surface area contributed by atoms with Crippen LogP contribution in [0, 0.1) is 0 Å². The van der Waals surface area contributed by atoms with Crippen molar-refractivity contribution in [1.29, 1.82) is 0 Å². The maximum atomic E-state index is 14.1. The van der Waals surface area contributed by atoms with Gasteiger partial charge in [0.1, 0.15) is 12.6 Å². The number of carbonyl (C=O) groups is 2. The van der Waals surface area contributed by atoms with Gasteiger partial charge in [0, 0.05) is 34.6 Å². The van der Waals surface area contributed by atoms with Crippen LogP contribution in [0.1, 0.15) is 37.0 Å². The van der Waals surface area contributed by atoms with E-state index in [0.29, 0.717) is 27.9 Å². The smallest absolute Gasteiger partial charge is 0.352 e. The number of halogens is 5. The fourth-order valence-corrected chi connectivity index (χ4v) is 5.66. The van der Waals surface area contributed by atoms with Crippen molar-refractivity contribution in [3.63, 3.8) is 0 Å². The average Bonchev–Trinajstić information content (AvgIpc) is 2.94. The molecule has 2 amide bonds. The van der Waals surface area contributed by atoms with Crippen LogP contribution >= 0.6 is 23.2 Å². The number of benzene rings is 3. The molecule has 0 aliphatic rings. The van der Waals surface area contributed by atoms with E-state index in [-0.39, 0.29) is 34.7 Å². The first-order chi connectivity index (χ1) is 20.1. The number of alkyl halides is 3. The summed E-state index contributed by atoms with van der Waals surface area (Å²) in [6.45, 7) is 2.52. The fraction of sp³-hybridized carbons (Fsp3) is 0.333. The Bertz CT molecular complexity index is 1520. The summed E-state index contributed by atoms with van der Waals surface area (Å²) in [6, 6.07) is 15.9. The Kier molecular flexibility index (Phi) is 11.5. The Balaban J connectivity index is 2.13. The molecule has 3 rings (SSSR count). The lowest BCUT2D eigenvalue weighted by Gasteiger charge is -2.34. The topological polar surface area (TPSA) is 86.8 Å². The fourth-order valence-electron chi connectivity index (χ4n) is 4.30. The summed E-state index contributed by atoms with van der Waals surface area (Å²) in [4.78, 5) is 29.0. The number of nitrogens with one attached hydrogen (secondary N) is 1. The van der Waals surface area contributed by atoms with E-state index in [2.05, 4.69) is 5.32 Å². The third-order valence-electron chi connectivity index (χ3n) is 6.80. The van der Waals surface area contributed by atoms with Gasteiger partial charge >= 0.3 is 6.18 Å². The van der Waals surface area contributed by atoms with Crippen molar-refractivity contribution in [2.75, 3.05) is 17.1 Å². The summed E-state index contributed by atoms with van der Waals surface area (Å²) >= 11 is 12.9. The number of hydrogen-bond donors (Lipinski definition) is 1. The number of amides is 2. The van der Waals surface area contributed by atoms with Crippen LogP contribution in [0.4, 0.5) is 18.9 Å². The summed E-state index contributed by atoms with van der Waals surface area (Å²) in [5.41, 5.74) is -0.406. The van der Waals surface area contributed by atoms with Crippen molar-refractivity contribution in [3.8, 4) is 0 Å². The largest absolute Gasteiger partial charge is 0.416 e. The molecule has 0 spiro atoms. The predicted octanol–water partition coefficient (Wildman–Crippen LogP) is 6.33. The molecule has 0 saturated carbocycles. The minimum Gasteiger partial charge on any atom is -0.352 e. The first kappa shape index (κ1) is 34.2. The van der Waals surface area contributed by atoms with Crippen molar-refractivity contribution in [3.05, 3.63) is 99.5 Å². The van der Waals surface area contributed by atoms with Gasteiger partial charge in [-0.15, -0.1) is 0 Å². The van der Waals surface area contributed by atoms with Crippen LogP contribution in [0.5, 0.6) is 0 Å². The van der Waals surface area contributed by atoms with Gasteiger partial charge in [0.25, 0.3) is 0 Å². The monoisotopic (exact) mass is 657 g/mol. The molecule has 0 aliphatic carbocycles. The number of hydrogen-bond acceptors (Lipinski definition) is 4. The van der Waals surface area contributed by atoms with E-state index in [1.165, 1.54) is 4.90 Å². The van der Waals surface area contributed by atoms with Gasteiger partial charge in [0.2, 0.25) is 21.8 Å². The Morgan fingerprint density at radius 1 is 0.953 bits per heavy atom.